The Bertz CT molecular complexity index is 983. The highest BCUT2D eigenvalue weighted by molar-refractivity contribution is 5.61. The van der Waals surface area contributed by atoms with Gasteiger partial charge in [0.25, 0.3) is 0 Å². The first-order chi connectivity index (χ1) is 14.1. The molecule has 0 amide bonds. The van der Waals surface area contributed by atoms with Crippen molar-refractivity contribution in [2.75, 3.05) is 48.4 Å². The van der Waals surface area contributed by atoms with Crippen molar-refractivity contribution in [1.29, 1.82) is 0 Å². The van der Waals surface area contributed by atoms with Crippen LogP contribution in [0.25, 0.3) is 0 Å². The number of benzene rings is 2. The Morgan fingerprint density at radius 2 is 1.69 bits per heavy atom. The summed E-state index contributed by atoms with van der Waals surface area (Å²) in [5.74, 6) is 2.50. The van der Waals surface area contributed by atoms with E-state index in [1.54, 1.807) is 7.11 Å². The molecule has 29 heavy (non-hydrogen) atoms. The number of nitrogens with one attached hydrogen (secondary N) is 1. The molecule has 0 radical (unpaired) electrons. The van der Waals surface area contributed by atoms with Crippen LogP contribution in [-0.4, -0.2) is 43.3 Å². The highest BCUT2D eigenvalue weighted by atomic mass is 16.5. The maximum absolute atomic E-state index is 5.52. The first-order valence-corrected chi connectivity index (χ1v) is 9.94. The summed E-state index contributed by atoms with van der Waals surface area (Å²) >= 11 is 0. The molecule has 0 atom stereocenters. The van der Waals surface area contributed by atoms with Crippen molar-refractivity contribution in [3.05, 3.63) is 65.9 Å². The standard InChI is InChI=1S/C23H27N5O/c1-17-8-9-18(2)19(16-17)25-23-24-11-10-22(26-23)28-14-12-27(13-15-28)20-6-4-5-7-21(20)29-3/h4-11,16H,12-15H2,1-3H3,(H,24,25,26). The Morgan fingerprint density at radius 3 is 2.48 bits per heavy atom. The van der Waals surface area contributed by atoms with Gasteiger partial charge >= 0.3 is 0 Å². The second-order valence-corrected chi connectivity index (χ2v) is 7.33. The Morgan fingerprint density at radius 1 is 0.931 bits per heavy atom. The van der Waals surface area contributed by atoms with Crippen LogP contribution >= 0.6 is 0 Å². The summed E-state index contributed by atoms with van der Waals surface area (Å²) in [4.78, 5) is 13.8. The summed E-state index contributed by atoms with van der Waals surface area (Å²) in [5.41, 5.74) is 4.58. The number of aryl methyl sites for hydroxylation is 2. The van der Waals surface area contributed by atoms with E-state index in [2.05, 4.69) is 64.3 Å². The van der Waals surface area contributed by atoms with Gasteiger partial charge in [0.15, 0.2) is 0 Å². The normalized spacial score (nSPS) is 14.0. The zero-order valence-corrected chi connectivity index (χ0v) is 17.2. The first kappa shape index (κ1) is 19.1. The predicted molar refractivity (Wildman–Crippen MR) is 119 cm³/mol. The van der Waals surface area contributed by atoms with Crippen LogP contribution in [0.3, 0.4) is 0 Å². The van der Waals surface area contributed by atoms with Crippen LogP contribution in [0.15, 0.2) is 54.7 Å². The van der Waals surface area contributed by atoms with Crippen molar-refractivity contribution in [2.24, 2.45) is 0 Å². The fourth-order valence-electron chi connectivity index (χ4n) is 3.64. The lowest BCUT2D eigenvalue weighted by Gasteiger charge is -2.37. The van der Waals surface area contributed by atoms with Crippen LogP contribution in [0.2, 0.25) is 0 Å². The van der Waals surface area contributed by atoms with E-state index in [4.69, 9.17) is 9.72 Å². The Hall–Kier alpha value is -3.28. The third-order valence-corrected chi connectivity index (χ3v) is 5.31. The lowest BCUT2D eigenvalue weighted by atomic mass is 10.1. The molecule has 1 N–H and O–H groups in total. The topological polar surface area (TPSA) is 53.5 Å². The third kappa shape index (κ3) is 4.26. The molecule has 0 saturated carbocycles. The molecule has 0 unspecified atom stereocenters. The zero-order chi connectivity index (χ0) is 20.2. The molecule has 3 aromatic rings. The van der Waals surface area contributed by atoms with Crippen molar-refractivity contribution in [2.45, 2.75) is 13.8 Å². The van der Waals surface area contributed by atoms with Gasteiger partial charge in [0.2, 0.25) is 5.95 Å². The SMILES string of the molecule is COc1ccccc1N1CCN(c2ccnc(Nc3cc(C)ccc3C)n2)CC1. The number of hydrogen-bond acceptors (Lipinski definition) is 6. The van der Waals surface area contributed by atoms with Gasteiger partial charge in [0.05, 0.1) is 12.8 Å². The number of para-hydroxylation sites is 2. The van der Waals surface area contributed by atoms with Crippen molar-refractivity contribution in [3.8, 4) is 5.75 Å². The number of rotatable bonds is 5. The molecular weight excluding hydrogens is 362 g/mol. The molecule has 1 aromatic heterocycles. The number of aromatic nitrogens is 2. The molecule has 6 heteroatoms. The minimum absolute atomic E-state index is 0.628. The molecule has 1 aliphatic heterocycles. The molecule has 2 aromatic carbocycles. The lowest BCUT2D eigenvalue weighted by Crippen LogP contribution is -2.47. The minimum atomic E-state index is 0.628. The molecule has 150 valence electrons. The maximum Gasteiger partial charge on any atom is 0.229 e. The Balaban J connectivity index is 1.45. The highest BCUT2D eigenvalue weighted by Gasteiger charge is 2.20. The largest absolute Gasteiger partial charge is 0.495 e. The number of anilines is 4. The fourth-order valence-corrected chi connectivity index (χ4v) is 3.64. The Labute approximate surface area is 172 Å². The van der Waals surface area contributed by atoms with Crippen molar-refractivity contribution in [1.82, 2.24) is 9.97 Å². The third-order valence-electron chi connectivity index (χ3n) is 5.31. The number of piperazine rings is 1. The molecule has 6 nitrogen and oxygen atoms in total. The smallest absolute Gasteiger partial charge is 0.229 e. The lowest BCUT2D eigenvalue weighted by molar-refractivity contribution is 0.413. The number of methoxy groups -OCH3 is 1. The minimum Gasteiger partial charge on any atom is -0.495 e. The van der Waals surface area contributed by atoms with E-state index in [9.17, 15) is 0 Å². The van der Waals surface area contributed by atoms with E-state index in [0.29, 0.717) is 5.95 Å². The maximum atomic E-state index is 5.52. The van der Waals surface area contributed by atoms with Gasteiger partial charge in [-0.25, -0.2) is 4.98 Å². The summed E-state index contributed by atoms with van der Waals surface area (Å²) < 4.78 is 5.52. The molecule has 0 spiro atoms. The van der Waals surface area contributed by atoms with Crippen molar-refractivity contribution in [3.63, 3.8) is 0 Å². The average molecular weight is 390 g/mol. The van der Waals surface area contributed by atoms with Crippen LogP contribution < -0.4 is 19.9 Å². The molecule has 1 aliphatic rings. The van der Waals surface area contributed by atoms with E-state index < -0.39 is 0 Å². The fraction of sp³-hybridized carbons (Fsp3) is 0.304. The van der Waals surface area contributed by atoms with Crippen LogP contribution in [0.1, 0.15) is 11.1 Å². The quantitative estimate of drug-likeness (QED) is 0.707. The van der Waals surface area contributed by atoms with Crippen molar-refractivity contribution < 1.29 is 4.74 Å². The summed E-state index contributed by atoms with van der Waals surface area (Å²) in [5, 5.41) is 3.37. The van der Waals surface area contributed by atoms with Gasteiger partial charge in [0.1, 0.15) is 11.6 Å². The van der Waals surface area contributed by atoms with E-state index in [1.165, 1.54) is 11.1 Å². The second kappa shape index (κ2) is 8.39. The molecule has 2 heterocycles. The molecule has 1 fully saturated rings. The highest BCUT2D eigenvalue weighted by Crippen LogP contribution is 2.29. The van der Waals surface area contributed by atoms with Crippen molar-refractivity contribution >= 4 is 23.1 Å². The van der Waals surface area contributed by atoms with Gasteiger partial charge in [-0.15, -0.1) is 0 Å². The van der Waals surface area contributed by atoms with E-state index in [-0.39, 0.29) is 0 Å². The average Bonchev–Trinajstić information content (AvgIpc) is 2.76. The summed E-state index contributed by atoms with van der Waals surface area (Å²) in [6, 6.07) is 16.5. The molecule has 0 aliphatic carbocycles. The van der Waals surface area contributed by atoms with Gasteiger partial charge in [-0.2, -0.15) is 4.98 Å². The second-order valence-electron chi connectivity index (χ2n) is 7.33. The predicted octanol–water partition coefficient (Wildman–Crippen LogP) is 4.17. The van der Waals surface area contributed by atoms with Gasteiger partial charge < -0.3 is 19.9 Å². The summed E-state index contributed by atoms with van der Waals surface area (Å²) in [7, 11) is 1.72. The monoisotopic (exact) mass is 389 g/mol. The van der Waals surface area contributed by atoms with Gasteiger partial charge in [-0.3, -0.25) is 0 Å². The van der Waals surface area contributed by atoms with Gasteiger partial charge in [-0.05, 0) is 49.2 Å². The summed E-state index contributed by atoms with van der Waals surface area (Å²) in [6.45, 7) is 7.82. The van der Waals surface area contributed by atoms with E-state index >= 15 is 0 Å². The summed E-state index contributed by atoms with van der Waals surface area (Å²) in [6.07, 6.45) is 1.82. The van der Waals surface area contributed by atoms with Crippen LogP contribution in [0.4, 0.5) is 23.1 Å². The van der Waals surface area contributed by atoms with Gasteiger partial charge in [0, 0.05) is 38.1 Å². The molecule has 0 bridgehead atoms. The number of nitrogens with zero attached hydrogens (tertiary/aromatic N) is 4. The van der Waals surface area contributed by atoms with Gasteiger partial charge in [-0.1, -0.05) is 24.3 Å². The van der Waals surface area contributed by atoms with Crippen LogP contribution in [-0.2, 0) is 0 Å². The molecular formula is C23H27N5O. The van der Waals surface area contributed by atoms with Crippen LogP contribution in [0, 0.1) is 13.8 Å². The molecule has 1 saturated heterocycles. The zero-order valence-electron chi connectivity index (χ0n) is 17.2. The number of hydrogen-bond donors (Lipinski definition) is 1. The Kier molecular flexibility index (Phi) is 5.51. The van der Waals surface area contributed by atoms with Crippen LogP contribution in [0.5, 0.6) is 5.75 Å². The number of ether oxygens (including phenoxy) is 1. The first-order valence-electron chi connectivity index (χ1n) is 9.94. The van der Waals surface area contributed by atoms with E-state index in [0.717, 1.165) is 49.1 Å². The van der Waals surface area contributed by atoms with E-state index in [1.807, 2.05) is 24.4 Å². The molecule has 4 rings (SSSR count).